The second-order valence-corrected chi connectivity index (χ2v) is 4.26. The first kappa shape index (κ1) is 11.1. The third-order valence-corrected chi connectivity index (χ3v) is 3.25. The average molecular weight is 218 g/mol. The van der Waals surface area contributed by atoms with Gasteiger partial charge in [-0.1, -0.05) is 32.9 Å². The Kier molecular flexibility index (Phi) is 2.90. The molecule has 0 aliphatic carbocycles. The lowest BCUT2D eigenvalue weighted by Gasteiger charge is -2.08. The minimum Gasteiger partial charge on any atom is -0.504 e. The molecule has 2 rings (SSSR count). The molecule has 0 saturated heterocycles. The van der Waals surface area contributed by atoms with Crippen molar-refractivity contribution in [1.29, 1.82) is 0 Å². The van der Waals surface area contributed by atoms with Crippen molar-refractivity contribution >= 4 is 11.0 Å². The Balaban J connectivity index is 2.68. The lowest BCUT2D eigenvalue weighted by atomic mass is 9.97. The predicted molar refractivity (Wildman–Crippen MR) is 66.0 cm³/mol. The number of hydrogen-bond acceptors (Lipinski definition) is 2. The van der Waals surface area contributed by atoms with Gasteiger partial charge in [-0.2, -0.15) is 0 Å². The van der Waals surface area contributed by atoms with Crippen LogP contribution in [0.5, 0.6) is 5.75 Å². The standard InChI is InChI=1S/C14H18O2/c1-4-9(3)10-7-6-8-11-13(15)12(5-2)16-14(10)11/h6-9,15H,4-5H2,1-3H3. The maximum absolute atomic E-state index is 9.97. The number of aromatic hydroxyl groups is 1. The molecular formula is C14H18O2. The van der Waals surface area contributed by atoms with Gasteiger partial charge in [-0.05, 0) is 24.0 Å². The molecule has 0 spiro atoms. The highest BCUT2D eigenvalue weighted by Gasteiger charge is 2.16. The third kappa shape index (κ3) is 1.58. The molecule has 1 aromatic carbocycles. The minimum absolute atomic E-state index is 0.308. The highest BCUT2D eigenvalue weighted by Crippen LogP contribution is 2.37. The van der Waals surface area contributed by atoms with Gasteiger partial charge in [0.1, 0.15) is 11.3 Å². The zero-order chi connectivity index (χ0) is 11.7. The van der Waals surface area contributed by atoms with Gasteiger partial charge in [0.15, 0.2) is 5.75 Å². The monoisotopic (exact) mass is 218 g/mol. The van der Waals surface area contributed by atoms with Crippen LogP contribution in [0.25, 0.3) is 11.0 Å². The number of benzene rings is 1. The van der Waals surface area contributed by atoms with Crippen molar-refractivity contribution in [2.45, 2.75) is 39.5 Å². The molecule has 2 heteroatoms. The molecule has 0 bridgehead atoms. The van der Waals surface area contributed by atoms with Gasteiger partial charge < -0.3 is 9.52 Å². The smallest absolute Gasteiger partial charge is 0.165 e. The fourth-order valence-corrected chi connectivity index (χ4v) is 2.02. The van der Waals surface area contributed by atoms with Crippen LogP contribution in [0, 0.1) is 0 Å². The van der Waals surface area contributed by atoms with E-state index in [-0.39, 0.29) is 0 Å². The second kappa shape index (κ2) is 4.20. The van der Waals surface area contributed by atoms with Crippen LogP contribution in [0.1, 0.15) is 44.4 Å². The molecule has 1 unspecified atom stereocenters. The molecule has 1 aromatic heterocycles. The van der Waals surface area contributed by atoms with Crippen molar-refractivity contribution in [3.8, 4) is 5.75 Å². The van der Waals surface area contributed by atoms with E-state index < -0.39 is 0 Å². The van der Waals surface area contributed by atoms with Crippen molar-refractivity contribution in [2.24, 2.45) is 0 Å². The largest absolute Gasteiger partial charge is 0.504 e. The molecule has 16 heavy (non-hydrogen) atoms. The maximum Gasteiger partial charge on any atom is 0.165 e. The summed E-state index contributed by atoms with van der Waals surface area (Å²) in [5.74, 6) is 1.45. The Morgan fingerprint density at radius 3 is 2.69 bits per heavy atom. The van der Waals surface area contributed by atoms with Gasteiger partial charge in [0.05, 0.1) is 5.39 Å². The molecule has 0 saturated carbocycles. The van der Waals surface area contributed by atoms with E-state index in [4.69, 9.17) is 4.42 Å². The van der Waals surface area contributed by atoms with Gasteiger partial charge in [-0.15, -0.1) is 0 Å². The Bertz CT molecular complexity index is 497. The van der Waals surface area contributed by atoms with Gasteiger partial charge in [0.25, 0.3) is 0 Å². The molecular weight excluding hydrogens is 200 g/mol. The van der Waals surface area contributed by atoms with Crippen LogP contribution >= 0.6 is 0 Å². The van der Waals surface area contributed by atoms with Crippen LogP contribution < -0.4 is 0 Å². The number of aryl methyl sites for hydroxylation is 1. The number of rotatable bonds is 3. The molecule has 0 fully saturated rings. The lowest BCUT2D eigenvalue weighted by molar-refractivity contribution is 0.442. The SMILES string of the molecule is CCc1oc2c(C(C)CC)cccc2c1O. The highest BCUT2D eigenvalue weighted by molar-refractivity contribution is 5.88. The summed E-state index contributed by atoms with van der Waals surface area (Å²) in [6.07, 6.45) is 1.79. The Hall–Kier alpha value is -1.44. The Morgan fingerprint density at radius 1 is 1.31 bits per heavy atom. The normalized spacial score (nSPS) is 13.2. The summed E-state index contributed by atoms with van der Waals surface area (Å²) in [6, 6.07) is 5.98. The van der Waals surface area contributed by atoms with Crippen LogP contribution in [0.2, 0.25) is 0 Å². The van der Waals surface area contributed by atoms with E-state index in [1.807, 2.05) is 19.1 Å². The number of para-hydroxylation sites is 1. The Morgan fingerprint density at radius 2 is 2.06 bits per heavy atom. The molecule has 0 aliphatic heterocycles. The number of furan rings is 1. The van der Waals surface area contributed by atoms with Crippen molar-refractivity contribution in [3.63, 3.8) is 0 Å². The minimum atomic E-state index is 0.308. The zero-order valence-corrected chi connectivity index (χ0v) is 10.1. The van der Waals surface area contributed by atoms with Crippen LogP contribution in [0.15, 0.2) is 22.6 Å². The summed E-state index contributed by atoms with van der Waals surface area (Å²) in [5.41, 5.74) is 2.04. The van der Waals surface area contributed by atoms with Crippen molar-refractivity contribution < 1.29 is 9.52 Å². The van der Waals surface area contributed by atoms with E-state index in [9.17, 15) is 5.11 Å². The summed E-state index contributed by atoms with van der Waals surface area (Å²) in [6.45, 7) is 6.33. The van der Waals surface area contributed by atoms with Gasteiger partial charge in [-0.3, -0.25) is 0 Å². The molecule has 2 aromatic rings. The highest BCUT2D eigenvalue weighted by atomic mass is 16.4. The van der Waals surface area contributed by atoms with Crippen LogP contribution in [-0.4, -0.2) is 5.11 Å². The molecule has 1 atom stereocenters. The first-order valence-corrected chi connectivity index (χ1v) is 5.92. The zero-order valence-electron chi connectivity index (χ0n) is 10.1. The van der Waals surface area contributed by atoms with Gasteiger partial charge in [0.2, 0.25) is 0 Å². The molecule has 0 aliphatic rings. The van der Waals surface area contributed by atoms with E-state index in [1.54, 1.807) is 0 Å². The first-order chi connectivity index (χ1) is 7.69. The summed E-state index contributed by atoms with van der Waals surface area (Å²) in [5, 5.41) is 10.8. The average Bonchev–Trinajstić information content (AvgIpc) is 2.65. The van der Waals surface area contributed by atoms with E-state index in [1.165, 1.54) is 5.56 Å². The maximum atomic E-state index is 9.97. The summed E-state index contributed by atoms with van der Waals surface area (Å²) < 4.78 is 5.75. The molecule has 0 radical (unpaired) electrons. The summed E-state index contributed by atoms with van der Waals surface area (Å²) in [4.78, 5) is 0. The van der Waals surface area contributed by atoms with Crippen LogP contribution in [-0.2, 0) is 6.42 Å². The fraction of sp³-hybridized carbons (Fsp3) is 0.429. The van der Waals surface area contributed by atoms with Crippen molar-refractivity contribution in [1.82, 2.24) is 0 Å². The third-order valence-electron chi connectivity index (χ3n) is 3.25. The van der Waals surface area contributed by atoms with E-state index >= 15 is 0 Å². The lowest BCUT2D eigenvalue weighted by Crippen LogP contribution is -1.90. The topological polar surface area (TPSA) is 33.4 Å². The number of fused-ring (bicyclic) bond motifs is 1. The summed E-state index contributed by atoms with van der Waals surface area (Å²) in [7, 11) is 0. The van der Waals surface area contributed by atoms with E-state index in [2.05, 4.69) is 19.9 Å². The summed E-state index contributed by atoms with van der Waals surface area (Å²) >= 11 is 0. The second-order valence-electron chi connectivity index (χ2n) is 4.26. The van der Waals surface area contributed by atoms with E-state index in [0.29, 0.717) is 17.4 Å². The number of hydrogen-bond donors (Lipinski definition) is 1. The fourth-order valence-electron chi connectivity index (χ4n) is 2.02. The van der Waals surface area contributed by atoms with Crippen molar-refractivity contribution in [3.05, 3.63) is 29.5 Å². The molecule has 86 valence electrons. The van der Waals surface area contributed by atoms with Crippen LogP contribution in [0.3, 0.4) is 0 Å². The molecule has 0 amide bonds. The first-order valence-electron chi connectivity index (χ1n) is 5.92. The molecule has 1 heterocycles. The van der Waals surface area contributed by atoms with Crippen LogP contribution in [0.4, 0.5) is 0 Å². The molecule has 1 N–H and O–H groups in total. The Labute approximate surface area is 95.9 Å². The quantitative estimate of drug-likeness (QED) is 0.837. The van der Waals surface area contributed by atoms with Gasteiger partial charge >= 0.3 is 0 Å². The van der Waals surface area contributed by atoms with Gasteiger partial charge in [0, 0.05) is 6.42 Å². The van der Waals surface area contributed by atoms with E-state index in [0.717, 1.165) is 23.8 Å². The molecule has 2 nitrogen and oxygen atoms in total. The van der Waals surface area contributed by atoms with Gasteiger partial charge in [-0.25, -0.2) is 0 Å². The predicted octanol–water partition coefficient (Wildman–Crippen LogP) is 4.21. The van der Waals surface area contributed by atoms with Crippen molar-refractivity contribution in [2.75, 3.05) is 0 Å².